The first-order valence-electron chi connectivity index (χ1n) is 11.2. The molecule has 33 heavy (non-hydrogen) atoms. The van der Waals surface area contributed by atoms with Crippen molar-refractivity contribution in [2.24, 2.45) is 0 Å². The Morgan fingerprint density at radius 2 is 1.82 bits per heavy atom. The molecule has 2 atom stereocenters. The van der Waals surface area contributed by atoms with Crippen LogP contribution in [0.1, 0.15) is 30.9 Å². The molecule has 174 valence electrons. The van der Waals surface area contributed by atoms with Crippen molar-refractivity contribution in [3.05, 3.63) is 70.5 Å². The van der Waals surface area contributed by atoms with Crippen molar-refractivity contribution >= 4 is 35.3 Å². The molecule has 2 N–H and O–H groups in total. The number of anilines is 1. The molecular weight excluding hydrogens is 443 g/mol. The lowest BCUT2D eigenvalue weighted by Crippen LogP contribution is -2.54. The molecule has 3 amide bonds. The van der Waals surface area contributed by atoms with E-state index in [1.54, 1.807) is 30.4 Å². The maximum absolute atomic E-state index is 13.2. The summed E-state index contributed by atoms with van der Waals surface area (Å²) in [6, 6.07) is 12.1. The van der Waals surface area contributed by atoms with E-state index < -0.39 is 0 Å². The second kappa shape index (κ2) is 10.4. The third kappa shape index (κ3) is 5.72. The number of rotatable bonds is 6. The van der Waals surface area contributed by atoms with Crippen LogP contribution in [0.25, 0.3) is 6.08 Å². The zero-order chi connectivity index (χ0) is 23.4. The molecule has 0 aromatic heterocycles. The van der Waals surface area contributed by atoms with E-state index in [1.165, 1.54) is 12.1 Å². The average molecular weight is 471 g/mol. The van der Waals surface area contributed by atoms with Gasteiger partial charge in [0.25, 0.3) is 0 Å². The number of likely N-dealkylation sites (tertiary alicyclic amines) is 1. The second-order valence-corrected chi connectivity index (χ2v) is 8.91. The van der Waals surface area contributed by atoms with Gasteiger partial charge in [-0.15, -0.1) is 0 Å². The quantitative estimate of drug-likeness (QED) is 0.610. The van der Waals surface area contributed by atoms with E-state index >= 15 is 0 Å². The highest BCUT2D eigenvalue weighted by Crippen LogP contribution is 2.32. The molecule has 2 aliphatic heterocycles. The molecule has 2 heterocycles. The SMILES string of the molecule is CCNC(=O)Nc1cc(Cl)ccc1/C=C/C(=O)N1CC2CCC(C1)N2Cc1ccc(F)cc1. The van der Waals surface area contributed by atoms with Crippen LogP contribution in [-0.4, -0.2) is 53.5 Å². The summed E-state index contributed by atoms with van der Waals surface area (Å²) in [6.07, 6.45) is 5.38. The summed E-state index contributed by atoms with van der Waals surface area (Å²) in [5, 5.41) is 5.95. The van der Waals surface area contributed by atoms with Gasteiger partial charge in [0.05, 0.1) is 5.69 Å². The molecule has 2 aliphatic rings. The topological polar surface area (TPSA) is 64.7 Å². The molecule has 8 heteroatoms. The number of benzene rings is 2. The number of halogens is 2. The fourth-order valence-corrected chi connectivity index (χ4v) is 4.78. The summed E-state index contributed by atoms with van der Waals surface area (Å²) >= 11 is 6.09. The summed E-state index contributed by atoms with van der Waals surface area (Å²) in [5.74, 6) is -0.277. The van der Waals surface area contributed by atoms with Gasteiger partial charge in [-0.05, 0) is 61.2 Å². The first-order chi connectivity index (χ1) is 15.9. The molecular formula is C25H28ClFN4O2. The van der Waals surface area contributed by atoms with Crippen molar-refractivity contribution < 1.29 is 14.0 Å². The molecule has 0 radical (unpaired) electrons. The Morgan fingerprint density at radius 3 is 2.48 bits per heavy atom. The molecule has 2 saturated heterocycles. The molecule has 0 aliphatic carbocycles. The van der Waals surface area contributed by atoms with Gasteiger partial charge in [0.2, 0.25) is 5.91 Å². The number of amides is 3. The van der Waals surface area contributed by atoms with Crippen molar-refractivity contribution in [3.63, 3.8) is 0 Å². The van der Waals surface area contributed by atoms with E-state index in [1.807, 2.05) is 24.0 Å². The Morgan fingerprint density at radius 1 is 1.12 bits per heavy atom. The molecule has 6 nitrogen and oxygen atoms in total. The van der Waals surface area contributed by atoms with Crippen LogP contribution >= 0.6 is 11.6 Å². The van der Waals surface area contributed by atoms with Gasteiger partial charge < -0.3 is 15.5 Å². The summed E-state index contributed by atoms with van der Waals surface area (Å²) in [4.78, 5) is 29.2. The summed E-state index contributed by atoms with van der Waals surface area (Å²) in [5.41, 5.74) is 2.33. The molecule has 2 aromatic carbocycles. The van der Waals surface area contributed by atoms with E-state index in [0.717, 1.165) is 24.9 Å². The van der Waals surface area contributed by atoms with Gasteiger partial charge in [-0.2, -0.15) is 0 Å². The zero-order valence-electron chi connectivity index (χ0n) is 18.6. The third-order valence-electron chi connectivity index (χ3n) is 6.23. The Bertz CT molecular complexity index is 1030. The highest BCUT2D eigenvalue weighted by atomic mass is 35.5. The number of carbonyl (C=O) groups excluding carboxylic acids is 2. The van der Waals surface area contributed by atoms with E-state index in [2.05, 4.69) is 15.5 Å². The van der Waals surface area contributed by atoms with Crippen LogP contribution < -0.4 is 10.6 Å². The van der Waals surface area contributed by atoms with Crippen molar-refractivity contribution in [1.29, 1.82) is 0 Å². The van der Waals surface area contributed by atoms with Crippen LogP contribution in [0.2, 0.25) is 5.02 Å². The third-order valence-corrected chi connectivity index (χ3v) is 6.46. The number of urea groups is 1. The zero-order valence-corrected chi connectivity index (χ0v) is 19.3. The van der Waals surface area contributed by atoms with Crippen LogP contribution in [0.3, 0.4) is 0 Å². The molecule has 2 aromatic rings. The largest absolute Gasteiger partial charge is 0.338 e. The van der Waals surface area contributed by atoms with E-state index in [0.29, 0.717) is 48.0 Å². The Kier molecular flexibility index (Phi) is 7.30. The maximum atomic E-state index is 13.2. The lowest BCUT2D eigenvalue weighted by Gasteiger charge is -2.40. The fraction of sp³-hybridized carbons (Fsp3) is 0.360. The summed E-state index contributed by atoms with van der Waals surface area (Å²) in [6.45, 7) is 4.46. The van der Waals surface area contributed by atoms with Gasteiger partial charge in [0.1, 0.15) is 5.82 Å². The first-order valence-corrected chi connectivity index (χ1v) is 11.6. The van der Waals surface area contributed by atoms with Crippen LogP contribution in [0.4, 0.5) is 14.9 Å². The van der Waals surface area contributed by atoms with Gasteiger partial charge >= 0.3 is 6.03 Å². The Hall–Kier alpha value is -2.90. The molecule has 2 unspecified atom stereocenters. The predicted molar refractivity (Wildman–Crippen MR) is 129 cm³/mol. The van der Waals surface area contributed by atoms with Gasteiger partial charge in [-0.1, -0.05) is 29.8 Å². The van der Waals surface area contributed by atoms with E-state index in [4.69, 9.17) is 11.6 Å². The van der Waals surface area contributed by atoms with Crippen molar-refractivity contribution in [3.8, 4) is 0 Å². The minimum Gasteiger partial charge on any atom is -0.338 e. The van der Waals surface area contributed by atoms with Crippen LogP contribution in [0.5, 0.6) is 0 Å². The average Bonchev–Trinajstić information content (AvgIpc) is 3.01. The van der Waals surface area contributed by atoms with Crippen LogP contribution in [-0.2, 0) is 11.3 Å². The molecule has 2 fully saturated rings. The highest BCUT2D eigenvalue weighted by molar-refractivity contribution is 6.31. The van der Waals surface area contributed by atoms with Crippen molar-refractivity contribution in [2.75, 3.05) is 25.0 Å². The smallest absolute Gasteiger partial charge is 0.319 e. The van der Waals surface area contributed by atoms with Crippen molar-refractivity contribution in [2.45, 2.75) is 38.4 Å². The monoisotopic (exact) mass is 470 g/mol. The number of nitrogens with zero attached hydrogens (tertiary/aromatic N) is 2. The normalized spacial score (nSPS) is 20.3. The van der Waals surface area contributed by atoms with E-state index in [9.17, 15) is 14.0 Å². The minimum absolute atomic E-state index is 0.0489. The first kappa shape index (κ1) is 23.3. The van der Waals surface area contributed by atoms with Gasteiger partial charge in [-0.25, -0.2) is 9.18 Å². The minimum atomic E-state index is -0.324. The summed E-state index contributed by atoms with van der Waals surface area (Å²) in [7, 11) is 0. The van der Waals surface area contributed by atoms with Gasteiger partial charge in [0, 0.05) is 49.4 Å². The number of hydrogen-bond acceptors (Lipinski definition) is 3. The number of nitrogens with one attached hydrogen (secondary N) is 2. The van der Waals surface area contributed by atoms with E-state index in [-0.39, 0.29) is 17.8 Å². The Balaban J connectivity index is 1.40. The van der Waals surface area contributed by atoms with Gasteiger partial charge in [-0.3, -0.25) is 9.69 Å². The lowest BCUT2D eigenvalue weighted by molar-refractivity contribution is -0.129. The molecule has 0 spiro atoms. The molecule has 4 rings (SSSR count). The Labute approximate surface area is 198 Å². The summed E-state index contributed by atoms with van der Waals surface area (Å²) < 4.78 is 13.2. The number of piperazine rings is 1. The van der Waals surface area contributed by atoms with Crippen LogP contribution in [0.15, 0.2) is 48.5 Å². The standard InChI is InChI=1S/C25H28ClFN4O2/c1-2-28-25(33)29-23-13-19(26)7-5-18(23)6-12-24(32)30-15-21-10-11-22(16-30)31(21)14-17-3-8-20(27)9-4-17/h3-9,12-13,21-22H,2,10-11,14-16H2,1H3,(H2,28,29,33)/b12-6+. The molecule has 2 bridgehead atoms. The predicted octanol–water partition coefficient (Wildman–Crippen LogP) is 4.51. The van der Waals surface area contributed by atoms with Crippen LogP contribution in [0, 0.1) is 5.82 Å². The second-order valence-electron chi connectivity index (χ2n) is 8.48. The fourth-order valence-electron chi connectivity index (χ4n) is 4.60. The maximum Gasteiger partial charge on any atom is 0.319 e. The molecule has 0 saturated carbocycles. The highest BCUT2D eigenvalue weighted by Gasteiger charge is 2.40. The lowest BCUT2D eigenvalue weighted by atomic mass is 10.1. The number of carbonyl (C=O) groups is 2. The number of hydrogen-bond donors (Lipinski definition) is 2. The van der Waals surface area contributed by atoms with Crippen molar-refractivity contribution in [1.82, 2.24) is 15.1 Å². The number of fused-ring (bicyclic) bond motifs is 2. The van der Waals surface area contributed by atoms with Gasteiger partial charge in [0.15, 0.2) is 0 Å².